The first kappa shape index (κ1) is 8.91. The van der Waals surface area contributed by atoms with Gasteiger partial charge in [-0.05, 0) is 0 Å². The molecule has 0 atom stereocenters. The summed E-state index contributed by atoms with van der Waals surface area (Å²) in [5, 5.41) is 0.730. The van der Waals surface area contributed by atoms with Crippen LogP contribution in [0.25, 0.3) is 0 Å². The van der Waals surface area contributed by atoms with E-state index in [4.69, 9.17) is 39.5 Å². The van der Waals surface area contributed by atoms with Gasteiger partial charge in [0.1, 0.15) is 0 Å². The van der Waals surface area contributed by atoms with Crippen LogP contribution in [0, 0.1) is 0 Å². The van der Waals surface area contributed by atoms with Crippen LogP contribution in [0.2, 0.25) is 15.2 Å². The number of pyridine rings is 1. The molecule has 0 spiro atoms. The molecule has 0 aliphatic carbocycles. The lowest BCUT2D eigenvalue weighted by molar-refractivity contribution is 0.398. The monoisotopic (exact) mass is 211 g/mol. The molecule has 0 N–H and O–H groups in total. The number of ether oxygens (including phenoxy) is 1. The summed E-state index contributed by atoms with van der Waals surface area (Å²) >= 11 is 16.9. The molecule has 0 saturated carbocycles. The highest BCUT2D eigenvalue weighted by Crippen LogP contribution is 2.30. The van der Waals surface area contributed by atoms with Crippen molar-refractivity contribution in [1.82, 2.24) is 4.98 Å². The van der Waals surface area contributed by atoms with Crippen LogP contribution in [0.4, 0.5) is 0 Å². The van der Waals surface area contributed by atoms with Gasteiger partial charge in [-0.15, -0.1) is 0 Å². The molecule has 0 amide bonds. The van der Waals surface area contributed by atoms with Crippen LogP contribution in [-0.2, 0) is 0 Å². The molecule has 0 aliphatic rings. The predicted molar refractivity (Wildman–Crippen MR) is 45.8 cm³/mol. The average Bonchev–Trinajstić information content (AvgIpc) is 1.99. The van der Waals surface area contributed by atoms with Crippen molar-refractivity contribution in [2.45, 2.75) is 0 Å². The zero-order valence-corrected chi connectivity index (χ0v) is 7.83. The number of hydrogen-bond acceptors (Lipinski definition) is 2. The average molecular weight is 212 g/mol. The standard InChI is InChI=1S/C6H4Cl3NO/c1-11-4-2-3(7)5(8)6(9)10-4/h2H,1H3. The second kappa shape index (κ2) is 3.48. The lowest BCUT2D eigenvalue weighted by Crippen LogP contribution is -1.88. The van der Waals surface area contributed by atoms with Crippen LogP contribution in [0.15, 0.2) is 6.07 Å². The first-order valence-electron chi connectivity index (χ1n) is 2.70. The van der Waals surface area contributed by atoms with Crippen molar-refractivity contribution in [3.05, 3.63) is 21.3 Å². The van der Waals surface area contributed by atoms with Gasteiger partial charge in [0.25, 0.3) is 0 Å². The van der Waals surface area contributed by atoms with Gasteiger partial charge in [-0.2, -0.15) is 4.98 Å². The molecule has 2 nitrogen and oxygen atoms in total. The van der Waals surface area contributed by atoms with E-state index in [0.717, 1.165) is 0 Å². The van der Waals surface area contributed by atoms with E-state index < -0.39 is 0 Å². The Morgan fingerprint density at radius 3 is 2.45 bits per heavy atom. The van der Waals surface area contributed by atoms with E-state index in [1.165, 1.54) is 13.2 Å². The Bertz CT molecular complexity index is 254. The molecule has 0 saturated heterocycles. The van der Waals surface area contributed by atoms with Crippen molar-refractivity contribution in [3.8, 4) is 5.88 Å². The van der Waals surface area contributed by atoms with E-state index in [1.54, 1.807) is 0 Å². The molecule has 1 rings (SSSR count). The Balaban J connectivity index is 3.21. The fourth-order valence-electron chi connectivity index (χ4n) is 0.553. The number of methoxy groups -OCH3 is 1. The van der Waals surface area contributed by atoms with Crippen molar-refractivity contribution in [2.75, 3.05) is 7.11 Å². The molecule has 0 radical (unpaired) electrons. The van der Waals surface area contributed by atoms with Crippen LogP contribution < -0.4 is 4.74 Å². The predicted octanol–water partition coefficient (Wildman–Crippen LogP) is 3.05. The topological polar surface area (TPSA) is 22.1 Å². The van der Waals surface area contributed by atoms with Crippen LogP contribution in [0.1, 0.15) is 0 Å². The normalized spacial score (nSPS) is 9.82. The smallest absolute Gasteiger partial charge is 0.215 e. The fraction of sp³-hybridized carbons (Fsp3) is 0.167. The summed E-state index contributed by atoms with van der Waals surface area (Å²) in [6.07, 6.45) is 0. The Hall–Kier alpha value is -0.180. The maximum absolute atomic E-state index is 5.66. The summed E-state index contributed by atoms with van der Waals surface area (Å²) in [6.45, 7) is 0. The van der Waals surface area contributed by atoms with Crippen LogP contribution in [0.5, 0.6) is 5.88 Å². The van der Waals surface area contributed by atoms with E-state index in [0.29, 0.717) is 10.9 Å². The molecule has 1 aromatic rings. The van der Waals surface area contributed by atoms with Crippen molar-refractivity contribution >= 4 is 34.8 Å². The third-order valence-electron chi connectivity index (χ3n) is 1.06. The molecule has 1 aromatic heterocycles. The SMILES string of the molecule is COc1cc(Cl)c(Cl)c(Cl)n1. The van der Waals surface area contributed by atoms with Crippen molar-refractivity contribution in [1.29, 1.82) is 0 Å². The van der Waals surface area contributed by atoms with Crippen molar-refractivity contribution < 1.29 is 4.74 Å². The third-order valence-corrected chi connectivity index (χ3v) is 2.21. The van der Waals surface area contributed by atoms with E-state index >= 15 is 0 Å². The maximum atomic E-state index is 5.66. The summed E-state index contributed by atoms with van der Waals surface area (Å²) in [6, 6.07) is 1.50. The fourth-order valence-corrected chi connectivity index (χ4v) is 1.07. The molecular formula is C6H4Cl3NO. The largest absolute Gasteiger partial charge is 0.481 e. The minimum Gasteiger partial charge on any atom is -0.481 e. The molecule has 60 valence electrons. The zero-order valence-electron chi connectivity index (χ0n) is 5.57. The van der Waals surface area contributed by atoms with Gasteiger partial charge in [0.05, 0.1) is 17.2 Å². The van der Waals surface area contributed by atoms with Gasteiger partial charge in [-0.25, -0.2) is 0 Å². The number of halogens is 3. The van der Waals surface area contributed by atoms with E-state index in [2.05, 4.69) is 4.98 Å². The Morgan fingerprint density at radius 2 is 2.00 bits per heavy atom. The van der Waals surface area contributed by atoms with Gasteiger partial charge in [0.2, 0.25) is 5.88 Å². The van der Waals surface area contributed by atoms with E-state index in [-0.39, 0.29) is 10.2 Å². The molecule has 11 heavy (non-hydrogen) atoms. The maximum Gasteiger partial charge on any atom is 0.215 e. The molecule has 0 aliphatic heterocycles. The molecule has 0 aromatic carbocycles. The molecule has 5 heteroatoms. The highest BCUT2D eigenvalue weighted by atomic mass is 35.5. The summed E-state index contributed by atoms with van der Waals surface area (Å²) in [5.74, 6) is 0.351. The third kappa shape index (κ3) is 1.89. The number of nitrogens with zero attached hydrogens (tertiary/aromatic N) is 1. The first-order chi connectivity index (χ1) is 5.15. The quantitative estimate of drug-likeness (QED) is 0.668. The number of rotatable bonds is 1. The summed E-state index contributed by atoms with van der Waals surface area (Å²) in [5.41, 5.74) is 0. The number of aromatic nitrogens is 1. The van der Waals surface area contributed by atoms with Crippen LogP contribution >= 0.6 is 34.8 Å². The number of hydrogen-bond donors (Lipinski definition) is 0. The van der Waals surface area contributed by atoms with Gasteiger partial charge in [-0.3, -0.25) is 0 Å². The van der Waals surface area contributed by atoms with Gasteiger partial charge in [-0.1, -0.05) is 34.8 Å². The molecular weight excluding hydrogens is 208 g/mol. The van der Waals surface area contributed by atoms with Gasteiger partial charge in [0.15, 0.2) is 5.15 Å². The summed E-state index contributed by atoms with van der Waals surface area (Å²) in [7, 11) is 1.48. The molecule has 0 fully saturated rings. The second-order valence-electron chi connectivity index (χ2n) is 1.75. The Kier molecular flexibility index (Phi) is 2.82. The summed E-state index contributed by atoms with van der Waals surface area (Å²) in [4.78, 5) is 3.78. The lowest BCUT2D eigenvalue weighted by Gasteiger charge is -2.01. The minimum atomic E-state index is 0.149. The first-order valence-corrected chi connectivity index (χ1v) is 3.84. The molecule has 0 bridgehead atoms. The highest BCUT2D eigenvalue weighted by molar-refractivity contribution is 6.47. The Morgan fingerprint density at radius 1 is 1.36 bits per heavy atom. The van der Waals surface area contributed by atoms with Crippen molar-refractivity contribution in [2.24, 2.45) is 0 Å². The second-order valence-corrected chi connectivity index (χ2v) is 2.89. The lowest BCUT2D eigenvalue weighted by atomic mass is 10.5. The van der Waals surface area contributed by atoms with E-state index in [1.807, 2.05) is 0 Å². The van der Waals surface area contributed by atoms with Gasteiger partial charge >= 0.3 is 0 Å². The van der Waals surface area contributed by atoms with Gasteiger partial charge in [0, 0.05) is 6.07 Å². The summed E-state index contributed by atoms with van der Waals surface area (Å²) < 4.78 is 4.79. The molecule has 0 unspecified atom stereocenters. The van der Waals surface area contributed by atoms with Crippen LogP contribution in [-0.4, -0.2) is 12.1 Å². The zero-order chi connectivity index (χ0) is 8.43. The van der Waals surface area contributed by atoms with E-state index in [9.17, 15) is 0 Å². The molecule has 1 heterocycles. The Labute approximate surface area is 79.0 Å². The van der Waals surface area contributed by atoms with Crippen molar-refractivity contribution in [3.63, 3.8) is 0 Å². The highest BCUT2D eigenvalue weighted by Gasteiger charge is 2.06. The van der Waals surface area contributed by atoms with Gasteiger partial charge < -0.3 is 4.74 Å². The van der Waals surface area contributed by atoms with Crippen LogP contribution in [0.3, 0.4) is 0 Å². The minimum absolute atomic E-state index is 0.149.